The Morgan fingerprint density at radius 3 is 2.12 bits per heavy atom. The maximum absolute atomic E-state index is 15.0. The molecule has 1 aromatic heterocycles. The Morgan fingerprint density at radius 2 is 1.62 bits per heavy atom. The Labute approximate surface area is 135 Å². The van der Waals surface area contributed by atoms with Crippen molar-refractivity contribution >= 4 is 21.4 Å². The van der Waals surface area contributed by atoms with Crippen LogP contribution in [-0.2, 0) is 5.67 Å². The molecule has 1 aromatic carbocycles. The van der Waals surface area contributed by atoms with Crippen molar-refractivity contribution in [2.45, 2.75) is 24.4 Å². The number of alkyl halides is 5. The lowest BCUT2D eigenvalue weighted by Crippen LogP contribution is -2.49. The van der Waals surface area contributed by atoms with E-state index in [1.807, 2.05) is 0 Å². The molecule has 1 unspecified atom stereocenters. The molecule has 2 aromatic rings. The van der Waals surface area contributed by atoms with E-state index in [1.54, 1.807) is 0 Å². The van der Waals surface area contributed by atoms with Gasteiger partial charge in [0.05, 0.1) is 7.11 Å². The second-order valence-electron chi connectivity index (χ2n) is 5.33. The monoisotopic (exact) mass is 370 g/mol. The lowest BCUT2D eigenvalue weighted by molar-refractivity contribution is -0.238. The molecule has 1 aliphatic carbocycles. The van der Waals surface area contributed by atoms with Gasteiger partial charge in [0, 0.05) is 20.5 Å². The number of hydrogen-bond donors (Lipinski definition) is 0. The van der Waals surface area contributed by atoms with Gasteiger partial charge in [0.2, 0.25) is 5.83 Å². The second kappa shape index (κ2) is 4.87. The Hall–Kier alpha value is -1.77. The lowest BCUT2D eigenvalue weighted by atomic mass is 9.88. The standard InChI is InChI=1S/C15H9F7OS/c1-6-10(8-4-3-7(23-2)5-9(8)24-6)13(18)11(16)12(17)14(19,20)15(13,21)22/h3-5H,1-2H3. The average molecular weight is 370 g/mol. The van der Waals surface area contributed by atoms with Crippen LogP contribution in [0.25, 0.3) is 10.1 Å². The SMILES string of the molecule is COc1ccc2c(C3(F)C(F)=C(F)C(F)(F)C3(F)F)c(C)sc2c1. The summed E-state index contributed by atoms with van der Waals surface area (Å²) in [6.45, 7) is 1.17. The number of methoxy groups -OCH3 is 1. The fraction of sp³-hybridized carbons (Fsp3) is 0.333. The summed E-state index contributed by atoms with van der Waals surface area (Å²) < 4.78 is 102. The first-order chi connectivity index (χ1) is 11.0. The van der Waals surface area contributed by atoms with Gasteiger partial charge >= 0.3 is 11.8 Å². The first kappa shape index (κ1) is 17.1. The summed E-state index contributed by atoms with van der Waals surface area (Å²) in [6, 6.07) is 3.79. The van der Waals surface area contributed by atoms with Crippen LogP contribution in [0.3, 0.4) is 0 Å². The van der Waals surface area contributed by atoms with E-state index in [-0.39, 0.29) is 15.0 Å². The molecule has 0 aliphatic heterocycles. The Morgan fingerprint density at radius 1 is 1.00 bits per heavy atom. The molecule has 130 valence electrons. The van der Waals surface area contributed by atoms with Gasteiger partial charge in [-0.1, -0.05) is 0 Å². The molecule has 0 spiro atoms. The van der Waals surface area contributed by atoms with Crippen molar-refractivity contribution in [3.63, 3.8) is 0 Å². The quantitative estimate of drug-likeness (QED) is 0.606. The van der Waals surface area contributed by atoms with Crippen molar-refractivity contribution in [3.8, 4) is 5.75 Å². The Balaban J connectivity index is 2.36. The molecule has 0 bridgehead atoms. The number of allylic oxidation sites excluding steroid dienone is 2. The van der Waals surface area contributed by atoms with Gasteiger partial charge in [-0.25, -0.2) is 13.2 Å². The molecule has 1 atom stereocenters. The predicted molar refractivity (Wildman–Crippen MR) is 75.0 cm³/mol. The number of thiophene rings is 1. The summed E-state index contributed by atoms with van der Waals surface area (Å²) in [5.74, 6) is -16.7. The third-order valence-corrected chi connectivity index (χ3v) is 5.08. The van der Waals surface area contributed by atoms with Crippen LogP contribution in [0.4, 0.5) is 30.7 Å². The zero-order valence-electron chi connectivity index (χ0n) is 12.2. The van der Waals surface area contributed by atoms with E-state index >= 15 is 4.39 Å². The van der Waals surface area contributed by atoms with Crippen LogP contribution in [0.2, 0.25) is 0 Å². The smallest absolute Gasteiger partial charge is 0.367 e. The predicted octanol–water partition coefficient (Wildman–Crippen LogP) is 5.82. The number of halogens is 7. The van der Waals surface area contributed by atoms with Gasteiger partial charge in [-0.15, -0.1) is 11.3 Å². The first-order valence-electron chi connectivity index (χ1n) is 6.58. The van der Waals surface area contributed by atoms with Gasteiger partial charge in [0.1, 0.15) is 5.75 Å². The lowest BCUT2D eigenvalue weighted by Gasteiger charge is -2.30. The molecule has 0 amide bonds. The van der Waals surface area contributed by atoms with Crippen LogP contribution < -0.4 is 4.74 Å². The topological polar surface area (TPSA) is 9.23 Å². The zero-order chi connectivity index (χ0) is 18.1. The number of ether oxygens (including phenoxy) is 1. The highest BCUT2D eigenvalue weighted by molar-refractivity contribution is 7.19. The summed E-state index contributed by atoms with van der Waals surface area (Å²) >= 11 is 0.788. The van der Waals surface area contributed by atoms with E-state index in [4.69, 9.17) is 4.74 Å². The molecule has 0 radical (unpaired) electrons. The highest BCUT2D eigenvalue weighted by atomic mass is 32.1. The molecule has 1 aliphatic rings. The van der Waals surface area contributed by atoms with Crippen LogP contribution in [0.15, 0.2) is 29.9 Å². The maximum atomic E-state index is 15.0. The average Bonchev–Trinajstić information content (AvgIpc) is 2.90. The summed E-state index contributed by atoms with van der Waals surface area (Å²) in [6.07, 6.45) is 0. The summed E-state index contributed by atoms with van der Waals surface area (Å²) in [7, 11) is 1.34. The van der Waals surface area contributed by atoms with E-state index in [2.05, 4.69) is 0 Å². The Bertz CT molecular complexity index is 870. The molecule has 3 rings (SSSR count). The highest BCUT2D eigenvalue weighted by Gasteiger charge is 2.81. The second-order valence-corrected chi connectivity index (χ2v) is 6.59. The fourth-order valence-electron chi connectivity index (χ4n) is 2.80. The van der Waals surface area contributed by atoms with Gasteiger partial charge < -0.3 is 4.74 Å². The van der Waals surface area contributed by atoms with E-state index in [0.29, 0.717) is 5.75 Å². The molecule has 24 heavy (non-hydrogen) atoms. The third-order valence-electron chi connectivity index (χ3n) is 4.02. The molecule has 0 fully saturated rings. The van der Waals surface area contributed by atoms with Crippen LogP contribution in [0, 0.1) is 6.92 Å². The maximum Gasteiger partial charge on any atom is 0.367 e. The molecule has 1 nitrogen and oxygen atoms in total. The number of hydrogen-bond acceptors (Lipinski definition) is 2. The molecule has 0 N–H and O–H groups in total. The van der Waals surface area contributed by atoms with Gasteiger partial charge in [0.25, 0.3) is 5.67 Å². The van der Waals surface area contributed by atoms with E-state index in [1.165, 1.54) is 26.2 Å². The molecule has 0 saturated heterocycles. The number of fused-ring (bicyclic) bond motifs is 1. The van der Waals surface area contributed by atoms with Crippen LogP contribution in [0.5, 0.6) is 5.75 Å². The molecular formula is C15H9F7OS. The molecule has 1 heterocycles. The van der Waals surface area contributed by atoms with Crippen molar-refractivity contribution in [2.24, 2.45) is 0 Å². The molecule has 9 heteroatoms. The highest BCUT2D eigenvalue weighted by Crippen LogP contribution is 2.65. The minimum atomic E-state index is -5.60. The largest absolute Gasteiger partial charge is 0.497 e. The summed E-state index contributed by atoms with van der Waals surface area (Å²) in [5.41, 5.74) is -5.59. The minimum Gasteiger partial charge on any atom is -0.497 e. The molecular weight excluding hydrogens is 361 g/mol. The van der Waals surface area contributed by atoms with Crippen LogP contribution in [0.1, 0.15) is 10.4 Å². The van der Waals surface area contributed by atoms with Crippen LogP contribution >= 0.6 is 11.3 Å². The van der Waals surface area contributed by atoms with Gasteiger partial charge in [-0.2, -0.15) is 17.6 Å². The van der Waals surface area contributed by atoms with Crippen LogP contribution in [-0.4, -0.2) is 19.0 Å². The number of rotatable bonds is 2. The van der Waals surface area contributed by atoms with E-state index in [0.717, 1.165) is 17.4 Å². The van der Waals surface area contributed by atoms with E-state index in [9.17, 15) is 26.3 Å². The van der Waals surface area contributed by atoms with Gasteiger partial charge in [-0.05, 0) is 25.1 Å². The number of benzene rings is 1. The number of aryl methyl sites for hydroxylation is 1. The van der Waals surface area contributed by atoms with Crippen molar-refractivity contribution in [1.82, 2.24) is 0 Å². The van der Waals surface area contributed by atoms with Crippen molar-refractivity contribution in [1.29, 1.82) is 0 Å². The van der Waals surface area contributed by atoms with E-state index < -0.39 is 34.7 Å². The van der Waals surface area contributed by atoms with Gasteiger partial charge in [0.15, 0.2) is 5.83 Å². The fourth-order valence-corrected chi connectivity index (χ4v) is 3.94. The van der Waals surface area contributed by atoms with Crippen molar-refractivity contribution in [3.05, 3.63) is 40.3 Å². The van der Waals surface area contributed by atoms with Crippen molar-refractivity contribution < 1.29 is 35.5 Å². The molecule has 0 saturated carbocycles. The first-order valence-corrected chi connectivity index (χ1v) is 7.40. The van der Waals surface area contributed by atoms with Crippen molar-refractivity contribution in [2.75, 3.05) is 7.11 Å². The third kappa shape index (κ3) is 1.76. The normalized spacial score (nSPS) is 25.5. The Kier molecular flexibility index (Phi) is 3.46. The summed E-state index contributed by atoms with van der Waals surface area (Å²) in [5, 5.41) is -0.207. The zero-order valence-corrected chi connectivity index (χ0v) is 13.0. The van der Waals surface area contributed by atoms with Gasteiger partial charge in [-0.3, -0.25) is 0 Å². The summed E-state index contributed by atoms with van der Waals surface area (Å²) in [4.78, 5) is -0.166. The minimum absolute atomic E-state index is 0.166.